The van der Waals surface area contributed by atoms with E-state index in [2.05, 4.69) is 0 Å². The van der Waals surface area contributed by atoms with Gasteiger partial charge in [-0.2, -0.15) is 0 Å². The van der Waals surface area contributed by atoms with E-state index in [1.54, 1.807) is 0 Å². The molecule has 9 aliphatic heterocycles. The third-order valence-electron chi connectivity index (χ3n) is 22.6. The molecule has 10 atom stereocenters. The minimum atomic E-state index is -3.34. The first kappa shape index (κ1) is 86.9. The maximum Gasteiger partial charge on any atom is 0.342 e. The van der Waals surface area contributed by atoms with Gasteiger partial charge in [-0.05, 0) is 30.3 Å². The van der Waals surface area contributed by atoms with Crippen LogP contribution in [0.15, 0.2) is 42.5 Å². The quantitative estimate of drug-likeness (QED) is 0.0669. The Kier molecular flexibility index (Phi) is 19.4. The minimum Gasteiger partial charge on any atom is -0.504 e. The number of carbonyl (C=O) groups excluding carboxylic acids is 10. The lowest BCUT2D eigenvalue weighted by atomic mass is 9.80. The van der Waals surface area contributed by atoms with Gasteiger partial charge in [-0.1, -0.05) is 0 Å². The summed E-state index contributed by atoms with van der Waals surface area (Å²) in [6.45, 7) is -3.84. The fourth-order valence-electron chi connectivity index (χ4n) is 16.4. The van der Waals surface area contributed by atoms with Crippen LogP contribution < -0.4 is 4.74 Å². The third-order valence-corrected chi connectivity index (χ3v) is 22.6. The second-order valence-corrected chi connectivity index (χ2v) is 29.9. The molecule has 0 spiro atoms. The predicted molar refractivity (Wildman–Crippen MR) is 412 cm³/mol. The van der Waals surface area contributed by atoms with E-state index in [1.165, 1.54) is 0 Å². The first-order valence-corrected chi connectivity index (χ1v) is 37.3. The van der Waals surface area contributed by atoms with Crippen LogP contribution in [0, 0.1) is 0 Å². The average Bonchev–Trinajstić information content (AvgIpc) is 1.12. The van der Waals surface area contributed by atoms with Crippen LogP contribution in [0.25, 0.3) is 55.6 Å². The molecular formula is C82H52O52. The Morgan fingerprint density at radius 3 is 0.940 bits per heavy atom. The Balaban J connectivity index is 0.861. The predicted octanol–water partition coefficient (Wildman–Crippen LogP) is 3.06. The molecule has 10 aromatic rings. The molecule has 0 saturated heterocycles. The van der Waals surface area contributed by atoms with Gasteiger partial charge in [0.15, 0.2) is 164 Å². The highest BCUT2D eigenvalue weighted by Gasteiger charge is 2.59. The van der Waals surface area contributed by atoms with Crippen LogP contribution in [0.1, 0.15) is 127 Å². The molecule has 31 N–H and O–H groups in total. The number of hydrogen-bond acceptors (Lipinski definition) is 52. The first-order chi connectivity index (χ1) is 63.0. The third kappa shape index (κ3) is 12.3. The summed E-state index contributed by atoms with van der Waals surface area (Å²) in [5.41, 5.74) is -32.8. The Bertz CT molecular complexity index is 7180. The zero-order valence-electron chi connectivity index (χ0n) is 65.2. The molecular weight excluding hydrogens is 1820 g/mol. The second kappa shape index (κ2) is 30.0. The van der Waals surface area contributed by atoms with E-state index in [4.69, 9.17) is 52.1 Å². The summed E-state index contributed by atoms with van der Waals surface area (Å²) in [6.07, 6.45) is -31.3. The van der Waals surface area contributed by atoms with Gasteiger partial charge in [0.2, 0.25) is 63.2 Å². The van der Waals surface area contributed by atoms with Crippen LogP contribution in [0.5, 0.6) is 178 Å². The molecule has 0 aromatic heterocycles. The summed E-state index contributed by atoms with van der Waals surface area (Å²) >= 11 is 0. The van der Waals surface area contributed by atoms with Crippen molar-refractivity contribution in [1.29, 1.82) is 0 Å². The molecule has 0 fully saturated rings. The zero-order chi connectivity index (χ0) is 97.3. The van der Waals surface area contributed by atoms with E-state index >= 15 is 28.8 Å². The maximum atomic E-state index is 16.2. The number of phenols is 29. The number of aliphatic hydroxyl groups excluding tert-OH is 2. The van der Waals surface area contributed by atoms with Crippen LogP contribution >= 0.6 is 0 Å². The molecule has 52 nitrogen and oxygen atoms in total. The van der Waals surface area contributed by atoms with E-state index in [-0.39, 0.29) is 42.5 Å². The molecule has 10 bridgehead atoms. The van der Waals surface area contributed by atoms with Crippen molar-refractivity contribution < 1.29 is 258 Å². The summed E-state index contributed by atoms with van der Waals surface area (Å²) in [5.74, 6) is -76.3. The summed E-state index contributed by atoms with van der Waals surface area (Å²) in [7, 11) is 0. The largest absolute Gasteiger partial charge is 0.504 e. The smallest absolute Gasteiger partial charge is 0.342 e. The lowest BCUT2D eigenvalue weighted by Gasteiger charge is -2.40. The zero-order valence-corrected chi connectivity index (χ0v) is 65.2. The van der Waals surface area contributed by atoms with E-state index in [1.807, 2.05) is 0 Å². The summed E-state index contributed by atoms with van der Waals surface area (Å²) < 4.78 is 62.7. The number of esters is 10. The first-order valence-electron chi connectivity index (χ1n) is 37.3. The van der Waals surface area contributed by atoms with Crippen molar-refractivity contribution in [3.63, 3.8) is 0 Å². The maximum absolute atomic E-state index is 16.2. The number of aromatic hydroxyl groups is 29. The van der Waals surface area contributed by atoms with Gasteiger partial charge in [-0.15, -0.1) is 0 Å². The molecule has 9 heterocycles. The molecule has 52 heteroatoms. The molecule has 0 radical (unpaired) electrons. The molecule has 10 aromatic carbocycles. The van der Waals surface area contributed by atoms with Crippen molar-refractivity contribution in [3.05, 3.63) is 109 Å². The fourth-order valence-corrected chi connectivity index (χ4v) is 16.4. The van der Waals surface area contributed by atoms with Gasteiger partial charge in [0.1, 0.15) is 31.0 Å². The number of benzene rings is 10. The lowest BCUT2D eigenvalue weighted by Crippen LogP contribution is -2.56. The SMILES string of the molecule is O=C(O[C@@H]1COC(=O)c2cc(O)c(O)c(O)c2-c2c(cc(O)c(O)c2O)C(=O)O[C@H]1[C@@H]1OC(=O)c2cc(O)c(O)c(O)c2-c2c(O)c(O)c(O)c3c2C(=O)O[C@H]1[C@@H]3O)c1cc(O)c(O)c(O)c1Oc1cc2c(c(O)c1O)-c1c(cc(O)c(O)c1O)C(=O)OC[C@H]1OC(=O)c3cc(O)c(O)c(O)c3-c3c(O)c(O)c(O)c4c3C(=O)O[C@H]([C@H]3OC(=O)c5c-4c(O)c(O)c(O)c5[C@@H]3O)[C@@H]1OC2=O. The summed E-state index contributed by atoms with van der Waals surface area (Å²) in [4.78, 5) is 153. The molecule has 0 unspecified atom stereocenters. The van der Waals surface area contributed by atoms with Gasteiger partial charge in [0.05, 0.1) is 50.1 Å². The van der Waals surface area contributed by atoms with Gasteiger partial charge in [-0.25, -0.2) is 47.9 Å². The highest BCUT2D eigenvalue weighted by molar-refractivity contribution is 6.18. The number of rotatable bonds is 5. The molecule has 0 amide bonds. The van der Waals surface area contributed by atoms with Crippen molar-refractivity contribution in [2.24, 2.45) is 0 Å². The Hall–Kier alpha value is -19.2. The Morgan fingerprint density at radius 2 is 0.522 bits per heavy atom. The lowest BCUT2D eigenvalue weighted by molar-refractivity contribution is -0.154. The van der Waals surface area contributed by atoms with Crippen LogP contribution in [-0.2, 0) is 47.4 Å². The number of ether oxygens (including phenoxy) is 11. The molecule has 134 heavy (non-hydrogen) atoms. The van der Waals surface area contributed by atoms with Crippen molar-refractivity contribution in [2.45, 2.75) is 61.0 Å². The van der Waals surface area contributed by atoms with Gasteiger partial charge < -0.3 is 210 Å². The summed E-state index contributed by atoms with van der Waals surface area (Å²) in [5, 5.41) is 357. The molecule has 9 aliphatic rings. The molecule has 0 saturated carbocycles. The Morgan fingerprint density at radius 1 is 0.246 bits per heavy atom. The second-order valence-electron chi connectivity index (χ2n) is 29.9. The van der Waals surface area contributed by atoms with Gasteiger partial charge in [0, 0.05) is 78.9 Å². The normalized spacial score (nSPS) is 20.3. The van der Waals surface area contributed by atoms with Gasteiger partial charge in [-0.3, -0.25) is 0 Å². The van der Waals surface area contributed by atoms with Crippen LogP contribution in [0.3, 0.4) is 0 Å². The van der Waals surface area contributed by atoms with E-state index < -0.39 is 435 Å². The molecule has 0 aliphatic carbocycles. The van der Waals surface area contributed by atoms with Crippen molar-refractivity contribution in [3.8, 4) is 234 Å². The molecule has 19 rings (SSSR count). The van der Waals surface area contributed by atoms with Gasteiger partial charge in [0.25, 0.3) is 0 Å². The Labute approximate surface area is 732 Å². The van der Waals surface area contributed by atoms with Crippen LogP contribution in [0.2, 0.25) is 0 Å². The number of hydrogen-bond donors (Lipinski definition) is 31. The van der Waals surface area contributed by atoms with Crippen molar-refractivity contribution >= 4 is 59.7 Å². The van der Waals surface area contributed by atoms with E-state index in [0.717, 1.165) is 0 Å². The number of fused-ring (bicyclic) bond motifs is 13. The standard InChI is InChI=1S/C82H52O52/c83-17-1-10-26(48(96)41(17)89)28-12(3-19(85)43(91)50(28)98)76(117)129-67(71-69-60(108)39-37(81(122)131-69)33(55(103)63(111)58(39)106)31-14(77(118)133-71)5-21(87)45(93)52(31)100)25(9-125-73(10)114)128-79(120)16-6-22(88)46(94)65(113)66(16)126-23-7-15-29(53(101)47(23)95)27-11(2-18(84)42(90)49(27)97)74(115)124-8-24-68(130-78(15)119)72-70-61(109)40-38(82(123)132-70)35(57(105)64(112)59(40)107)34-36(80(121)134-72)32(54(102)62(110)56(34)104)30-13(75(116)127-24)4-20(86)44(92)51(30)99/h1-7,24-25,60-61,67-72,83-113H,8-9H2/t24-,25-,60-,61+,67-,68-,69+,70+,71+,72+/m1/s1. The van der Waals surface area contributed by atoms with Crippen LogP contribution in [-0.4, -0.2) is 280 Å². The minimum absolute atomic E-state index is 0.00834. The highest BCUT2D eigenvalue weighted by atomic mass is 16.7. The number of carbonyl (C=O) groups is 10. The van der Waals surface area contributed by atoms with Crippen molar-refractivity contribution in [2.75, 3.05) is 13.2 Å². The summed E-state index contributed by atoms with van der Waals surface area (Å²) in [6, 6.07) is 0.855. The van der Waals surface area contributed by atoms with Crippen LogP contribution in [0.4, 0.5) is 0 Å². The number of aliphatic hydroxyl groups is 2. The number of cyclic esters (lactones) is 3. The average molecular weight is 1870 g/mol. The fraction of sp³-hybridized carbons (Fsp3) is 0.146. The van der Waals surface area contributed by atoms with E-state index in [9.17, 15) is 177 Å². The number of phenolic OH excluding ortho intramolecular Hbond substituents is 29. The van der Waals surface area contributed by atoms with Gasteiger partial charge >= 0.3 is 59.7 Å². The van der Waals surface area contributed by atoms with E-state index in [0.29, 0.717) is 0 Å². The topological polar surface area (TPSA) is 899 Å². The highest BCUT2D eigenvalue weighted by Crippen LogP contribution is 2.65. The molecule has 692 valence electrons. The monoisotopic (exact) mass is 1870 g/mol. The van der Waals surface area contributed by atoms with Crippen molar-refractivity contribution in [1.82, 2.24) is 0 Å².